The number of benzene rings is 1. The zero-order valence-electron chi connectivity index (χ0n) is 9.97. The van der Waals surface area contributed by atoms with Gasteiger partial charge in [0.1, 0.15) is 6.19 Å². The molecule has 0 radical (unpaired) electrons. The average molecular weight is 293 g/mol. The van der Waals surface area contributed by atoms with Crippen molar-refractivity contribution in [2.45, 2.75) is 5.69 Å². The maximum Gasteiger partial charge on any atom is 0.393 e. The molecule has 110 valence electrons. The first-order valence-electron chi connectivity index (χ1n) is 4.92. The summed E-state index contributed by atoms with van der Waals surface area (Å²) in [5.74, 6) is 0. The van der Waals surface area contributed by atoms with E-state index in [1.165, 1.54) is 0 Å². The summed E-state index contributed by atoms with van der Waals surface area (Å²) in [6.07, 6.45) is 1.29. The Hall–Kier alpha value is -2.30. The highest BCUT2D eigenvalue weighted by molar-refractivity contribution is 6.86. The van der Waals surface area contributed by atoms with Crippen molar-refractivity contribution in [2.75, 3.05) is 5.43 Å². The summed E-state index contributed by atoms with van der Waals surface area (Å²) in [6.45, 7) is -1.20. The Bertz CT molecular complexity index is 449. The number of hydrazine groups is 1. The number of nitrogens with zero attached hydrogens (tertiary/aromatic N) is 3. The number of hydrogen-bond donors (Lipinski definition) is 2. The molecule has 0 bridgehead atoms. The lowest BCUT2D eigenvalue weighted by molar-refractivity contribution is 0.373. The van der Waals surface area contributed by atoms with Gasteiger partial charge in [-0.25, -0.2) is 4.39 Å². The molecule has 0 amide bonds. The third-order valence-corrected chi connectivity index (χ3v) is 2.21. The zero-order valence-corrected chi connectivity index (χ0v) is 9.97. The van der Waals surface area contributed by atoms with E-state index in [0.717, 1.165) is 6.21 Å². The summed E-state index contributed by atoms with van der Waals surface area (Å²) in [4.78, 5) is 10.8. The summed E-state index contributed by atoms with van der Waals surface area (Å²) in [6, 6.07) is 8.99. The van der Waals surface area contributed by atoms with E-state index in [1.807, 2.05) is 18.2 Å². The van der Waals surface area contributed by atoms with Crippen LogP contribution in [0.4, 0.5) is 24.2 Å². The third-order valence-electron chi connectivity index (χ3n) is 2.21. The minimum absolute atomic E-state index is 0. The van der Waals surface area contributed by atoms with Crippen molar-refractivity contribution in [3.8, 4) is 0 Å². The van der Waals surface area contributed by atoms with Crippen LogP contribution in [-0.4, -0.2) is 24.9 Å². The summed E-state index contributed by atoms with van der Waals surface area (Å²) >= 11 is 0. The van der Waals surface area contributed by atoms with Crippen LogP contribution < -0.4 is 10.8 Å². The normalized spacial score (nSPS) is 18.2. The Morgan fingerprint density at radius 3 is 2.35 bits per heavy atom. The molecule has 20 heavy (non-hydrogen) atoms. The van der Waals surface area contributed by atoms with Crippen molar-refractivity contribution in [3.05, 3.63) is 30.3 Å². The van der Waals surface area contributed by atoms with E-state index < -0.39 is 12.5 Å². The average Bonchev–Trinajstić information content (AvgIpc) is 2.79. The van der Waals surface area contributed by atoms with Gasteiger partial charge < -0.3 is 10.2 Å². The molecule has 0 aliphatic carbocycles. The molecule has 11 heteroatoms. The molecule has 1 aliphatic heterocycles. The molecule has 6 nitrogen and oxygen atoms in total. The van der Waals surface area contributed by atoms with Crippen molar-refractivity contribution >= 4 is 24.9 Å². The molecule has 0 spiro atoms. The number of nitrogens with one attached hydrogen (secondary N) is 2. The van der Waals surface area contributed by atoms with Gasteiger partial charge in [0.25, 0.3) is 5.69 Å². The lowest BCUT2D eigenvalue weighted by Gasteiger charge is -2.17. The maximum absolute atomic E-state index is 13.9. The van der Waals surface area contributed by atoms with E-state index >= 15 is 0 Å². The van der Waals surface area contributed by atoms with Gasteiger partial charge in [0, 0.05) is 5.69 Å². The Labute approximate surface area is 111 Å². The summed E-state index contributed by atoms with van der Waals surface area (Å²) < 4.78 is 13.9. The van der Waals surface area contributed by atoms with Crippen LogP contribution in [0.15, 0.2) is 45.8 Å². The molecule has 2 rings (SSSR count). The molecule has 1 aliphatic rings. The second-order valence-corrected chi connectivity index (χ2v) is 3.41. The van der Waals surface area contributed by atoms with E-state index in [1.54, 1.807) is 12.1 Å². The fraction of sp³-hybridized carbons (Fsp3) is 0.111. The molecule has 1 unspecified atom stereocenters. The van der Waals surface area contributed by atoms with Crippen LogP contribution in [0.2, 0.25) is 0 Å². The molecular weight excluding hydrogens is 281 g/mol. The predicted octanol–water partition coefficient (Wildman–Crippen LogP) is 1.48. The number of para-hydroxylation sites is 1. The Balaban J connectivity index is 0. The summed E-state index contributed by atoms with van der Waals surface area (Å²) in [5, 5.41) is 12.2. The van der Waals surface area contributed by atoms with Gasteiger partial charge in [-0.3, -0.25) is 19.4 Å². The van der Waals surface area contributed by atoms with E-state index in [-0.39, 0.29) is 14.1 Å². The largest absolute Gasteiger partial charge is 0.393 e. The quantitative estimate of drug-likeness (QED) is 0.284. The Morgan fingerprint density at radius 2 is 1.85 bits per heavy atom. The van der Waals surface area contributed by atoms with Crippen molar-refractivity contribution in [1.29, 1.82) is 0 Å². The van der Waals surface area contributed by atoms with Crippen molar-refractivity contribution < 1.29 is 23.3 Å². The molecule has 1 aromatic rings. The van der Waals surface area contributed by atoms with E-state index in [2.05, 4.69) is 26.2 Å². The number of hydrogen-bond acceptors (Lipinski definition) is 6. The van der Waals surface area contributed by atoms with Crippen LogP contribution >= 0.6 is 0 Å². The van der Waals surface area contributed by atoms with Crippen LogP contribution in [0.3, 0.4) is 0 Å². The minimum Gasteiger partial charge on any atom is -0.331 e. The van der Waals surface area contributed by atoms with Gasteiger partial charge in [-0.15, -0.1) is 10.2 Å². The van der Waals surface area contributed by atoms with Crippen LogP contribution in [0.5, 0.6) is 0 Å². The molecule has 0 saturated carbocycles. The van der Waals surface area contributed by atoms with Gasteiger partial charge in [-0.2, -0.15) is 0 Å². The highest BCUT2D eigenvalue weighted by Gasteiger charge is 2.45. The van der Waals surface area contributed by atoms with Gasteiger partial charge in [0.15, 0.2) is 0 Å². The zero-order chi connectivity index (χ0) is 12.1. The lowest BCUT2D eigenvalue weighted by Crippen LogP contribution is -2.55. The topological polar surface area (TPSA) is 78.2 Å². The van der Waals surface area contributed by atoms with Crippen LogP contribution in [-0.2, 0) is 4.79 Å². The van der Waals surface area contributed by atoms with E-state index in [4.69, 9.17) is 0 Å². The second-order valence-electron chi connectivity index (χ2n) is 3.41. The summed E-state index contributed by atoms with van der Waals surface area (Å²) in [5.41, 5.74) is 1.18. The van der Waals surface area contributed by atoms with Gasteiger partial charge in [-0.05, 0) is 17.4 Å². The first-order chi connectivity index (χ1) is 8.24. The molecule has 1 atom stereocenters. The minimum atomic E-state index is -2.23. The molecular formula is C9H12BF4N5O. The van der Waals surface area contributed by atoms with Crippen LogP contribution in [0, 0.1) is 0 Å². The first kappa shape index (κ1) is 20.0. The van der Waals surface area contributed by atoms with Gasteiger partial charge in [0.05, 0.1) is 6.21 Å². The standard InChI is InChI=1S/C9H9BFN5O.3FH/c11-9(6-12-16-14-9)10(7-17)15-13-8-4-2-1-3-5-8;;;/h1-7,13,15H;3*1H. The number of anilines is 1. The second kappa shape index (κ2) is 8.75. The molecule has 1 heterocycles. The van der Waals surface area contributed by atoms with Crippen molar-refractivity contribution in [3.63, 3.8) is 0 Å². The fourth-order valence-electron chi connectivity index (χ4n) is 1.28. The van der Waals surface area contributed by atoms with Gasteiger partial charge >= 0.3 is 6.85 Å². The maximum atomic E-state index is 13.9. The van der Waals surface area contributed by atoms with Gasteiger partial charge in [0.2, 0.25) is 0 Å². The van der Waals surface area contributed by atoms with Crippen molar-refractivity contribution in [2.24, 2.45) is 15.4 Å². The number of rotatable bonds is 5. The highest BCUT2D eigenvalue weighted by Crippen LogP contribution is 2.17. The number of alkyl halides is 1. The molecule has 0 saturated heterocycles. The number of carbonyl (C=O) groups excluding carboxylic acids is 1. The van der Waals surface area contributed by atoms with Crippen LogP contribution in [0.25, 0.3) is 0 Å². The lowest BCUT2D eigenvalue weighted by atomic mass is 9.56. The third kappa shape index (κ3) is 4.42. The summed E-state index contributed by atoms with van der Waals surface area (Å²) in [7, 11) is 0. The first-order valence-corrected chi connectivity index (χ1v) is 4.92. The highest BCUT2D eigenvalue weighted by atomic mass is 19.1. The SMILES string of the molecule is F.F.F.O=CB(NNc1ccccc1)C1(F)C=NN=N1. The smallest absolute Gasteiger partial charge is 0.331 e. The van der Waals surface area contributed by atoms with Gasteiger partial charge in [-0.1, -0.05) is 18.2 Å². The fourth-order valence-corrected chi connectivity index (χ4v) is 1.28. The molecule has 0 fully saturated rings. The molecule has 1 aromatic carbocycles. The van der Waals surface area contributed by atoms with Crippen LogP contribution in [0.1, 0.15) is 0 Å². The molecule has 2 N–H and O–H groups in total. The number of carbonyl (C=O) groups is 1. The number of halogens is 4. The van der Waals surface area contributed by atoms with E-state index in [0.29, 0.717) is 11.9 Å². The van der Waals surface area contributed by atoms with E-state index in [9.17, 15) is 9.18 Å². The monoisotopic (exact) mass is 293 g/mol. The Kier molecular flexibility index (Phi) is 8.76. The predicted molar refractivity (Wildman–Crippen MR) is 70.4 cm³/mol. The Morgan fingerprint density at radius 1 is 1.20 bits per heavy atom. The molecule has 0 aromatic heterocycles. The van der Waals surface area contributed by atoms with Crippen molar-refractivity contribution in [1.82, 2.24) is 5.34 Å².